The summed E-state index contributed by atoms with van der Waals surface area (Å²) >= 11 is 0. The van der Waals surface area contributed by atoms with Crippen LogP contribution in [0.1, 0.15) is 6.92 Å². The molecule has 15 N–H and O–H groups in total. The van der Waals surface area contributed by atoms with Crippen molar-refractivity contribution < 1.29 is 88.3 Å². The van der Waals surface area contributed by atoms with Crippen molar-refractivity contribution in [1.82, 2.24) is 10.6 Å². The number of nitrogens with one attached hydrogen (secondary N) is 2. The van der Waals surface area contributed by atoms with Gasteiger partial charge in [-0.2, -0.15) is 16.8 Å². The normalized spacial score (nSPS) is 48.6. The molecule has 3 aliphatic heterocycles. The second-order valence-electron chi connectivity index (χ2n) is 11.1. The van der Waals surface area contributed by atoms with E-state index in [0.717, 1.165) is 6.92 Å². The zero-order valence-corrected chi connectivity index (χ0v) is 26.6. The molecule has 48 heavy (non-hydrogen) atoms. The number of hydrogen-bond acceptors (Lipinski definition) is 23. The van der Waals surface area contributed by atoms with Crippen molar-refractivity contribution in [3.8, 4) is 0 Å². The first-order valence-electron chi connectivity index (χ1n) is 13.9. The molecule has 0 bridgehead atoms. The number of aliphatic hydroxyl groups excluding tert-OH is 6. The van der Waals surface area contributed by atoms with Crippen molar-refractivity contribution in [3.63, 3.8) is 0 Å². The van der Waals surface area contributed by atoms with Crippen molar-refractivity contribution in [2.24, 2.45) is 22.2 Å². The molecule has 25 nitrogen and oxygen atoms in total. The largest absolute Gasteiger partial charge is 0.419 e. The van der Waals surface area contributed by atoms with Gasteiger partial charge in [0.05, 0.1) is 24.8 Å². The molecule has 0 amide bonds. The predicted octanol–water partition coefficient (Wildman–Crippen LogP) is -9.72. The monoisotopic (exact) mass is 742 g/mol. The van der Waals surface area contributed by atoms with E-state index in [-0.39, 0.29) is 6.29 Å². The molecule has 278 valence electrons. The molecule has 0 aromatic carbocycles. The minimum absolute atomic E-state index is 0.102. The third-order valence-corrected chi connectivity index (χ3v) is 10.5. The third kappa shape index (κ3) is 6.42. The summed E-state index contributed by atoms with van der Waals surface area (Å²) in [6, 6.07) is -3.32. The van der Waals surface area contributed by atoms with Gasteiger partial charge in [-0.1, -0.05) is 0 Å². The van der Waals surface area contributed by atoms with Crippen molar-refractivity contribution in [2.75, 3.05) is 20.3 Å². The molecule has 0 spiro atoms. The van der Waals surface area contributed by atoms with E-state index in [1.54, 1.807) is 0 Å². The Morgan fingerprint density at radius 2 is 1.58 bits per heavy atom. The fourth-order valence-electron chi connectivity index (χ4n) is 5.90. The van der Waals surface area contributed by atoms with Crippen LogP contribution in [0.3, 0.4) is 0 Å². The maximum Gasteiger partial charge on any atom is 0.419 e. The van der Waals surface area contributed by atoms with Gasteiger partial charge in [-0.3, -0.25) is 10.1 Å². The molecule has 3 heterocycles. The molecule has 4 aliphatic rings. The van der Waals surface area contributed by atoms with Gasteiger partial charge in [0.1, 0.15) is 42.7 Å². The van der Waals surface area contributed by atoms with Crippen LogP contribution < -0.4 is 27.8 Å². The molecule has 15 atom stereocenters. The van der Waals surface area contributed by atoms with Gasteiger partial charge in [0, 0.05) is 6.67 Å². The Morgan fingerprint density at radius 3 is 2.12 bits per heavy atom. The van der Waals surface area contributed by atoms with Gasteiger partial charge in [-0.25, -0.2) is 13.4 Å². The molecule has 27 heteroatoms. The summed E-state index contributed by atoms with van der Waals surface area (Å²) in [6.07, 6.45) is -21.2. The van der Waals surface area contributed by atoms with Crippen LogP contribution in [0.15, 0.2) is 4.99 Å². The zero-order chi connectivity index (χ0) is 36.2. The number of fused-ring (bicyclic) bond motifs is 1. The average molecular weight is 743 g/mol. The van der Waals surface area contributed by atoms with Crippen molar-refractivity contribution in [1.29, 1.82) is 0 Å². The topological polar surface area (TPSA) is 406 Å². The number of aldehydes is 1. The van der Waals surface area contributed by atoms with Crippen molar-refractivity contribution in [2.45, 2.75) is 97.5 Å². The highest BCUT2D eigenvalue weighted by molar-refractivity contribution is 7.95. The molecule has 0 radical (unpaired) electrons. The Bertz CT molecular complexity index is 1440. The lowest BCUT2D eigenvalue weighted by Gasteiger charge is -2.55. The number of nitrogens with two attached hydrogens (primary N) is 3. The second kappa shape index (κ2) is 13.7. The van der Waals surface area contributed by atoms with Crippen molar-refractivity contribution in [3.05, 3.63) is 0 Å². The lowest BCUT2D eigenvalue weighted by molar-refractivity contribution is -0.407. The number of carbonyl (C=O) groups excluding carboxylic acids is 1. The van der Waals surface area contributed by atoms with Gasteiger partial charge >= 0.3 is 20.8 Å². The first kappa shape index (κ1) is 39.0. The standard InChI is InChI=1S/C21H38N6O19S2/c1-6-19(35,4-29)15(42-16-9(25-2)11(31)10(30)7(3-28)41-16)17(40-6)43-21-14(34)12(32)8(26-5-22)13(33)20(21,27-18(23)24)44-47(36,37)46-48(38,39)45-21/h4,6-17,25-26,28,30-35H,3,5,22H2,1-2H3,(H4,23,24,27)/t6-,7-,8+,9-,10-,11-,12-,13+,14+,15-,16-,17-,19+,20-,21+/m0/s1. The number of nitrogens with zero attached hydrogens (tertiary/aromatic N) is 1. The van der Waals surface area contributed by atoms with Crippen LogP contribution in [0.25, 0.3) is 0 Å². The third-order valence-electron chi connectivity index (χ3n) is 8.26. The minimum atomic E-state index is -5.98. The first-order chi connectivity index (χ1) is 22.2. The molecule has 0 aromatic rings. The number of aliphatic imine (C=N–C) groups is 1. The van der Waals surface area contributed by atoms with Crippen LogP contribution >= 0.6 is 0 Å². The maximum absolute atomic E-state index is 12.9. The quantitative estimate of drug-likeness (QED) is 0.0428. The number of carbonyl (C=O) groups is 1. The summed E-state index contributed by atoms with van der Waals surface area (Å²) in [5.41, 5.74) is 9.96. The van der Waals surface area contributed by atoms with Crippen LogP contribution in [0.4, 0.5) is 0 Å². The van der Waals surface area contributed by atoms with Crippen LogP contribution in [-0.4, -0.2) is 176 Å². The van der Waals surface area contributed by atoms with Crippen molar-refractivity contribution >= 4 is 33.0 Å². The van der Waals surface area contributed by atoms with E-state index in [1.165, 1.54) is 7.05 Å². The minimum Gasteiger partial charge on any atom is -0.394 e. The molecule has 4 fully saturated rings. The average Bonchev–Trinajstić information content (AvgIpc) is 3.17. The number of guanidine groups is 1. The highest BCUT2D eigenvalue weighted by atomic mass is 32.3. The van der Waals surface area contributed by atoms with Gasteiger partial charge in [0.15, 0.2) is 30.4 Å². The molecule has 1 saturated carbocycles. The summed E-state index contributed by atoms with van der Waals surface area (Å²) in [5.74, 6) is -5.05. The number of likely N-dealkylation sites (N-methyl/N-ethyl adjacent to an activating group) is 1. The maximum atomic E-state index is 12.9. The fourth-order valence-corrected chi connectivity index (χ4v) is 8.06. The van der Waals surface area contributed by atoms with E-state index in [1.807, 2.05) is 0 Å². The Labute approximate surface area is 272 Å². The predicted molar refractivity (Wildman–Crippen MR) is 148 cm³/mol. The lowest BCUT2D eigenvalue weighted by atomic mass is 9.76. The molecule has 4 rings (SSSR count). The van der Waals surface area contributed by atoms with Gasteiger partial charge in [0.25, 0.3) is 11.5 Å². The smallest absolute Gasteiger partial charge is 0.394 e. The van der Waals surface area contributed by atoms with Gasteiger partial charge in [-0.05, 0) is 14.0 Å². The van der Waals surface area contributed by atoms with E-state index >= 15 is 0 Å². The van der Waals surface area contributed by atoms with Crippen LogP contribution in [0, 0.1) is 0 Å². The molecule has 1 aliphatic carbocycles. The van der Waals surface area contributed by atoms with E-state index in [2.05, 4.69) is 19.3 Å². The number of aliphatic hydroxyl groups is 7. The Kier molecular flexibility index (Phi) is 11.1. The number of ether oxygens (including phenoxy) is 4. The summed E-state index contributed by atoms with van der Waals surface area (Å²) in [7, 11) is -10.6. The van der Waals surface area contributed by atoms with Gasteiger partial charge in [-0.15, -0.1) is 3.63 Å². The van der Waals surface area contributed by atoms with Gasteiger partial charge < -0.3 is 77.2 Å². The molecule has 3 saturated heterocycles. The summed E-state index contributed by atoms with van der Waals surface area (Å²) in [5, 5.41) is 80.9. The van der Waals surface area contributed by atoms with E-state index in [0.29, 0.717) is 0 Å². The highest BCUT2D eigenvalue weighted by Crippen LogP contribution is 2.51. The van der Waals surface area contributed by atoms with E-state index in [9.17, 15) is 57.4 Å². The zero-order valence-electron chi connectivity index (χ0n) is 24.9. The summed E-state index contributed by atoms with van der Waals surface area (Å²) in [6.45, 7) is -0.362. The Hall–Kier alpha value is -1.84. The highest BCUT2D eigenvalue weighted by Gasteiger charge is 2.78. The van der Waals surface area contributed by atoms with Crippen LogP contribution in [-0.2, 0) is 56.5 Å². The lowest BCUT2D eigenvalue weighted by Crippen LogP contribution is -2.82. The van der Waals surface area contributed by atoms with E-state index in [4.69, 9.17) is 44.5 Å². The number of rotatable bonds is 10. The molecular formula is C21H38N6O19S2. The molecule has 0 aromatic heterocycles. The van der Waals surface area contributed by atoms with Crippen LogP contribution in [0.2, 0.25) is 0 Å². The fraction of sp³-hybridized carbons (Fsp3) is 0.905. The van der Waals surface area contributed by atoms with E-state index < -0.39 is 131 Å². The summed E-state index contributed by atoms with van der Waals surface area (Å²) in [4.78, 5) is 15.9. The molecule has 0 unspecified atom stereocenters. The first-order valence-corrected chi connectivity index (χ1v) is 16.5. The summed E-state index contributed by atoms with van der Waals surface area (Å²) < 4.78 is 87.6. The SMILES string of the molecule is CN[C@@H]1[C@H](O[C@H]2[C@H](O[C@]34OS(=O)(=O)OS(=O)(=O)O[C@@]3(N=C(N)N)[C@H](O)[C@H](NCN)[C@H](O)[C@H]4O)O[C@@H](C)[C@]2(O)C=O)O[C@@H](CO)[C@H](O)[C@H]1O. The second-order valence-corrected chi connectivity index (χ2v) is 13.6. The number of hydrogen-bond donors (Lipinski definition) is 12. The van der Waals surface area contributed by atoms with Crippen LogP contribution in [0.5, 0.6) is 0 Å². The Morgan fingerprint density at radius 1 is 0.958 bits per heavy atom. The molecular weight excluding hydrogens is 704 g/mol. The van der Waals surface area contributed by atoms with Gasteiger partial charge in [0.2, 0.25) is 0 Å². The Balaban J connectivity index is 1.94.